The lowest BCUT2D eigenvalue weighted by Gasteiger charge is -2.39. The van der Waals surface area contributed by atoms with Crippen LogP contribution in [0.5, 0.6) is 0 Å². The third kappa shape index (κ3) is 30.0. The first-order valence-corrected chi connectivity index (χ1v) is 25.8. The lowest BCUT2D eigenvalue weighted by molar-refractivity contribution is 0.0946. The first kappa shape index (κ1) is 61.4. The largest absolute Gasteiger partial charge is 0.396 e. The van der Waals surface area contributed by atoms with Crippen LogP contribution >= 0.6 is 0 Å². The number of nitrogens with zero attached hydrogens (tertiary/aromatic N) is 8. The lowest BCUT2D eigenvalue weighted by Crippen LogP contribution is -2.45. The Kier molecular flexibility index (Phi) is 38.7. The Morgan fingerprint density at radius 2 is 0.750 bits per heavy atom. The van der Waals surface area contributed by atoms with E-state index in [9.17, 15) is 0 Å². The summed E-state index contributed by atoms with van der Waals surface area (Å²) in [6.07, 6.45) is 18.9. The van der Waals surface area contributed by atoms with Gasteiger partial charge in [-0.05, 0) is 196 Å². The van der Waals surface area contributed by atoms with Crippen LogP contribution in [0.15, 0.2) is 0 Å². The van der Waals surface area contributed by atoms with Crippen LogP contribution in [0.1, 0.15) is 96.3 Å². The van der Waals surface area contributed by atoms with Crippen molar-refractivity contribution in [3.63, 3.8) is 0 Å². The van der Waals surface area contributed by atoms with Gasteiger partial charge in [0.2, 0.25) is 0 Å². The molecule has 0 aliphatic carbocycles. The molecule has 0 amide bonds. The first-order valence-electron chi connectivity index (χ1n) is 25.8. The summed E-state index contributed by atoms with van der Waals surface area (Å²) in [5.41, 5.74) is 0. The minimum absolute atomic E-state index is 0.163. The molecular formula is C49H106N8O7. The third-order valence-corrected chi connectivity index (χ3v) is 14.6. The predicted molar refractivity (Wildman–Crippen MR) is 265 cm³/mol. The number of likely N-dealkylation sites (tertiary alicyclic amines) is 5. The molecule has 0 radical (unpaired) electrons. The van der Waals surface area contributed by atoms with E-state index in [2.05, 4.69) is 69.5 Å². The van der Waals surface area contributed by atoms with Crippen molar-refractivity contribution in [2.24, 2.45) is 17.8 Å². The number of hydrogen-bond donors (Lipinski definition) is 7. The smallest absolute Gasteiger partial charge is 0.0558 e. The Bertz CT molecular complexity index is 940. The third-order valence-electron chi connectivity index (χ3n) is 14.6. The maximum absolute atomic E-state index is 8.92. The topological polar surface area (TPSA) is 168 Å². The molecule has 0 bridgehead atoms. The van der Waals surface area contributed by atoms with Crippen molar-refractivity contribution in [2.75, 3.05) is 193 Å². The van der Waals surface area contributed by atoms with Gasteiger partial charge >= 0.3 is 0 Å². The van der Waals surface area contributed by atoms with Crippen LogP contribution in [0.3, 0.4) is 0 Å². The summed E-state index contributed by atoms with van der Waals surface area (Å²) in [5, 5.41) is 60.3. The van der Waals surface area contributed by atoms with Crippen molar-refractivity contribution in [2.45, 2.75) is 108 Å². The molecule has 15 heteroatoms. The van der Waals surface area contributed by atoms with Crippen LogP contribution in [0.2, 0.25) is 0 Å². The van der Waals surface area contributed by atoms with E-state index in [0.717, 1.165) is 76.3 Å². The molecular weight excluding hydrogens is 813 g/mol. The monoisotopic (exact) mass is 919 g/mol. The number of piperidine rings is 5. The molecule has 6 heterocycles. The molecule has 0 aromatic rings. The predicted octanol–water partition coefficient (Wildman–Crippen LogP) is 1.58. The van der Waals surface area contributed by atoms with Crippen LogP contribution in [0.25, 0.3) is 0 Å². The standard InChI is InChI=1S/C13H26N2O.3C8H17NO.C7H16N2O.C5H13NO2/c1-14-6-2-12(3-7-14)13-4-8-15(9-5-13)10-11-16;1-9-5-2-8(3-6-9)4-7-10;2*1-9-6-3-2-4-8(9)5-7-10;1-8-2-4-9(5-3-8)6-7-10;1-6(2-4-7)3-5-8/h12-13,16H,2-11H2,1H3;3*8,10H,2-7H2,1H3;10H,2-7H2,1H3;7-8H,2-5H2,1H3/t;;2*8-;;/m..10../s1. The minimum atomic E-state index is 0.163. The number of rotatable bonds is 15. The summed E-state index contributed by atoms with van der Waals surface area (Å²) in [6.45, 7) is 19.3. The minimum Gasteiger partial charge on any atom is -0.396 e. The van der Waals surface area contributed by atoms with Crippen LogP contribution in [-0.4, -0.2) is 280 Å². The van der Waals surface area contributed by atoms with Gasteiger partial charge in [-0.3, -0.25) is 4.90 Å². The summed E-state index contributed by atoms with van der Waals surface area (Å²) in [5.74, 6) is 2.73. The molecule has 6 saturated heterocycles. The Balaban J connectivity index is 0.000000390. The SMILES string of the molecule is CN(CCO)CCO.CN1CCC(C2CCN(CCO)CC2)CC1.CN1CCC(CCO)CC1.CN1CCCC[C@@H]1CCO.CN1CCCC[C@H]1CCO.CN1CCN(CCO)CC1. The van der Waals surface area contributed by atoms with Crippen molar-refractivity contribution < 1.29 is 35.7 Å². The van der Waals surface area contributed by atoms with E-state index < -0.39 is 0 Å². The molecule has 6 aliphatic heterocycles. The molecule has 7 N–H and O–H groups in total. The number of hydrogen-bond acceptors (Lipinski definition) is 15. The maximum Gasteiger partial charge on any atom is 0.0558 e. The van der Waals surface area contributed by atoms with E-state index in [0.29, 0.717) is 58.2 Å². The average molecular weight is 919 g/mol. The van der Waals surface area contributed by atoms with E-state index in [1.807, 2.05) is 11.9 Å². The number of aliphatic hydroxyl groups excluding tert-OH is 7. The van der Waals surface area contributed by atoms with Gasteiger partial charge in [0, 0.05) is 84.3 Å². The van der Waals surface area contributed by atoms with Crippen LogP contribution in [0, 0.1) is 17.8 Å². The van der Waals surface area contributed by atoms with Gasteiger partial charge in [0.1, 0.15) is 0 Å². The zero-order chi connectivity index (χ0) is 47.4. The normalized spacial score (nSPS) is 24.5. The van der Waals surface area contributed by atoms with Crippen LogP contribution in [0.4, 0.5) is 0 Å². The fraction of sp³-hybridized carbons (Fsp3) is 1.00. The number of likely N-dealkylation sites (N-methyl/N-ethyl adjacent to an activating group) is 2. The molecule has 0 saturated carbocycles. The molecule has 0 unspecified atom stereocenters. The molecule has 64 heavy (non-hydrogen) atoms. The van der Waals surface area contributed by atoms with Gasteiger partial charge in [0.25, 0.3) is 0 Å². The quantitative estimate of drug-likeness (QED) is 0.127. The van der Waals surface area contributed by atoms with Crippen LogP contribution < -0.4 is 0 Å². The fourth-order valence-electron chi connectivity index (χ4n) is 9.80. The van der Waals surface area contributed by atoms with Crippen molar-refractivity contribution in [1.82, 2.24) is 39.2 Å². The highest BCUT2D eigenvalue weighted by atomic mass is 16.3. The Morgan fingerprint density at radius 1 is 0.375 bits per heavy atom. The summed E-state index contributed by atoms with van der Waals surface area (Å²) in [6, 6.07) is 1.30. The second-order valence-corrected chi connectivity index (χ2v) is 19.7. The van der Waals surface area contributed by atoms with E-state index in [4.69, 9.17) is 35.7 Å². The highest BCUT2D eigenvalue weighted by Crippen LogP contribution is 2.32. The van der Waals surface area contributed by atoms with Crippen molar-refractivity contribution in [1.29, 1.82) is 0 Å². The van der Waals surface area contributed by atoms with E-state index >= 15 is 0 Å². The molecule has 0 aromatic carbocycles. The summed E-state index contributed by atoms with van der Waals surface area (Å²) >= 11 is 0. The van der Waals surface area contributed by atoms with Gasteiger partial charge in [-0.15, -0.1) is 0 Å². The Hall–Kier alpha value is -0.600. The van der Waals surface area contributed by atoms with E-state index in [1.54, 1.807) is 0 Å². The van der Waals surface area contributed by atoms with E-state index in [-0.39, 0.29) is 13.2 Å². The van der Waals surface area contributed by atoms with Crippen LogP contribution in [-0.2, 0) is 0 Å². The second kappa shape index (κ2) is 40.3. The second-order valence-electron chi connectivity index (χ2n) is 19.7. The van der Waals surface area contributed by atoms with Gasteiger partial charge in [-0.25, -0.2) is 0 Å². The van der Waals surface area contributed by atoms with Crippen molar-refractivity contribution in [3.05, 3.63) is 0 Å². The highest BCUT2D eigenvalue weighted by Gasteiger charge is 2.28. The number of aliphatic hydroxyl groups is 7. The first-order chi connectivity index (χ1) is 30.9. The summed E-state index contributed by atoms with van der Waals surface area (Å²) < 4.78 is 0. The van der Waals surface area contributed by atoms with Crippen molar-refractivity contribution in [3.8, 4) is 0 Å². The molecule has 6 aliphatic rings. The average Bonchev–Trinajstić information content (AvgIpc) is 3.29. The molecule has 15 nitrogen and oxygen atoms in total. The Morgan fingerprint density at radius 3 is 1.12 bits per heavy atom. The number of β-amino-alcohol motifs (C(OH)–C–C–N with tert-alkyl or cyclic N) is 2. The summed E-state index contributed by atoms with van der Waals surface area (Å²) in [4.78, 5) is 18.4. The van der Waals surface area contributed by atoms with Gasteiger partial charge in [-0.1, -0.05) is 12.8 Å². The van der Waals surface area contributed by atoms with Gasteiger partial charge < -0.3 is 70.0 Å². The van der Waals surface area contributed by atoms with Gasteiger partial charge in [-0.2, -0.15) is 0 Å². The summed E-state index contributed by atoms with van der Waals surface area (Å²) in [7, 11) is 12.7. The molecule has 384 valence electrons. The Labute approximate surface area is 393 Å². The van der Waals surface area contributed by atoms with Gasteiger partial charge in [0.15, 0.2) is 0 Å². The molecule has 0 spiro atoms. The van der Waals surface area contributed by atoms with E-state index in [1.165, 1.54) is 129 Å². The van der Waals surface area contributed by atoms with Crippen molar-refractivity contribution >= 4 is 0 Å². The molecule has 2 atom stereocenters. The molecule has 6 rings (SSSR count). The number of piperazine rings is 1. The zero-order valence-electron chi connectivity index (χ0n) is 42.5. The molecule has 6 fully saturated rings. The lowest BCUT2D eigenvalue weighted by atomic mass is 9.79. The highest BCUT2D eigenvalue weighted by molar-refractivity contribution is 4.81. The van der Waals surface area contributed by atoms with Gasteiger partial charge in [0.05, 0.1) is 26.4 Å². The maximum atomic E-state index is 8.92. The fourth-order valence-corrected chi connectivity index (χ4v) is 9.80. The zero-order valence-corrected chi connectivity index (χ0v) is 42.5. The molecule has 0 aromatic heterocycles.